The van der Waals surface area contributed by atoms with E-state index in [-0.39, 0.29) is 5.82 Å². The van der Waals surface area contributed by atoms with Crippen LogP contribution in [-0.4, -0.2) is 30.4 Å². The maximum Gasteiger partial charge on any atom is 0.408 e. The molecule has 0 spiro atoms. The Kier molecular flexibility index (Phi) is 4.58. The molecule has 0 aromatic heterocycles. The summed E-state index contributed by atoms with van der Waals surface area (Å²) >= 11 is 3.34. The Morgan fingerprint density at radius 1 is 1.48 bits per heavy atom. The Labute approximate surface area is 132 Å². The van der Waals surface area contributed by atoms with Crippen LogP contribution in [0.1, 0.15) is 26.3 Å². The molecule has 1 aliphatic rings. The molecule has 0 unspecified atom stereocenters. The van der Waals surface area contributed by atoms with Gasteiger partial charge in [0, 0.05) is 16.5 Å². The van der Waals surface area contributed by atoms with Crippen LogP contribution in [0.2, 0.25) is 0 Å². The molecule has 0 atom stereocenters. The smallest absolute Gasteiger partial charge is 0.408 e. The van der Waals surface area contributed by atoms with Crippen LogP contribution in [0.25, 0.3) is 0 Å². The molecular formula is C15H19BrFNO3. The maximum absolute atomic E-state index is 13.9. The van der Waals surface area contributed by atoms with Crippen molar-refractivity contribution >= 4 is 22.0 Å². The van der Waals surface area contributed by atoms with E-state index in [1.807, 2.05) is 0 Å². The third-order valence-electron chi connectivity index (χ3n) is 3.10. The monoisotopic (exact) mass is 359 g/mol. The van der Waals surface area contributed by atoms with Gasteiger partial charge in [-0.2, -0.15) is 0 Å². The second-order valence-electron chi connectivity index (χ2n) is 6.28. The second kappa shape index (κ2) is 5.93. The number of hydrogen-bond acceptors (Lipinski definition) is 3. The number of alkyl carbamates (subject to hydrolysis) is 1. The lowest BCUT2D eigenvalue weighted by atomic mass is 9.89. The Hall–Kier alpha value is -1.14. The summed E-state index contributed by atoms with van der Waals surface area (Å²) in [6, 6.07) is 4.81. The van der Waals surface area contributed by atoms with Gasteiger partial charge in [0.1, 0.15) is 11.4 Å². The highest BCUT2D eigenvalue weighted by Crippen LogP contribution is 2.29. The van der Waals surface area contributed by atoms with Crippen molar-refractivity contribution < 1.29 is 18.7 Å². The Balaban J connectivity index is 2.10. The molecule has 1 amide bonds. The number of nitrogens with one attached hydrogen (secondary N) is 1. The topological polar surface area (TPSA) is 47.6 Å². The number of amides is 1. The van der Waals surface area contributed by atoms with Crippen molar-refractivity contribution in [1.29, 1.82) is 0 Å². The van der Waals surface area contributed by atoms with Gasteiger partial charge in [-0.3, -0.25) is 0 Å². The zero-order valence-electron chi connectivity index (χ0n) is 12.3. The molecule has 1 heterocycles. The van der Waals surface area contributed by atoms with Crippen LogP contribution in [0.3, 0.4) is 0 Å². The van der Waals surface area contributed by atoms with E-state index in [0.29, 0.717) is 29.7 Å². The fourth-order valence-electron chi connectivity index (χ4n) is 2.13. The molecular weight excluding hydrogens is 341 g/mol. The molecule has 21 heavy (non-hydrogen) atoms. The van der Waals surface area contributed by atoms with Crippen LogP contribution in [0, 0.1) is 5.82 Å². The average molecular weight is 360 g/mol. The van der Waals surface area contributed by atoms with Gasteiger partial charge in [0.15, 0.2) is 0 Å². The summed E-state index contributed by atoms with van der Waals surface area (Å²) in [7, 11) is 0. The molecule has 0 saturated carbocycles. The standard InChI is InChI=1S/C15H19BrFNO3/c1-14(2,3)21-13(19)18-15(8-20-9-15)7-10-11(16)5-4-6-12(10)17/h4-6H,7-9H2,1-3H3,(H,18,19). The summed E-state index contributed by atoms with van der Waals surface area (Å²) < 4.78 is 25.1. The molecule has 1 fully saturated rings. The van der Waals surface area contributed by atoms with E-state index < -0.39 is 17.2 Å². The largest absolute Gasteiger partial charge is 0.444 e. The minimum Gasteiger partial charge on any atom is -0.444 e. The number of rotatable bonds is 3. The van der Waals surface area contributed by atoms with Crippen LogP contribution in [0.4, 0.5) is 9.18 Å². The van der Waals surface area contributed by atoms with E-state index in [1.165, 1.54) is 6.07 Å². The van der Waals surface area contributed by atoms with Crippen LogP contribution < -0.4 is 5.32 Å². The fraction of sp³-hybridized carbons (Fsp3) is 0.533. The third-order valence-corrected chi connectivity index (χ3v) is 3.84. The first-order valence-corrected chi connectivity index (χ1v) is 7.52. The van der Waals surface area contributed by atoms with Crippen LogP contribution in [-0.2, 0) is 15.9 Å². The third kappa shape index (κ3) is 4.17. The van der Waals surface area contributed by atoms with Gasteiger partial charge in [-0.15, -0.1) is 0 Å². The lowest BCUT2D eigenvalue weighted by Crippen LogP contribution is -2.64. The number of hydrogen-bond donors (Lipinski definition) is 1. The molecule has 116 valence electrons. The Morgan fingerprint density at radius 2 is 2.14 bits per heavy atom. The van der Waals surface area contributed by atoms with Gasteiger partial charge in [-0.05, 0) is 32.9 Å². The van der Waals surface area contributed by atoms with E-state index in [0.717, 1.165) is 0 Å². The van der Waals surface area contributed by atoms with Crippen molar-refractivity contribution in [2.24, 2.45) is 0 Å². The van der Waals surface area contributed by atoms with E-state index in [9.17, 15) is 9.18 Å². The maximum atomic E-state index is 13.9. The van der Waals surface area contributed by atoms with Gasteiger partial charge >= 0.3 is 6.09 Å². The Morgan fingerprint density at radius 3 is 2.62 bits per heavy atom. The van der Waals surface area contributed by atoms with Gasteiger partial charge in [0.05, 0.1) is 18.8 Å². The lowest BCUT2D eigenvalue weighted by Gasteiger charge is -2.42. The Bertz CT molecular complexity index is 518. The minimum atomic E-state index is -0.618. The molecule has 1 aromatic carbocycles. The summed E-state index contributed by atoms with van der Waals surface area (Å²) in [5.41, 5.74) is -0.668. The van der Waals surface area contributed by atoms with Gasteiger partial charge in [0.2, 0.25) is 0 Å². The van der Waals surface area contributed by atoms with Crippen LogP contribution in [0.15, 0.2) is 22.7 Å². The van der Waals surface area contributed by atoms with Crippen LogP contribution in [0.5, 0.6) is 0 Å². The SMILES string of the molecule is CC(C)(C)OC(=O)NC1(Cc2c(F)cccc2Br)COC1. The molecule has 0 bridgehead atoms. The zero-order chi connectivity index (χ0) is 15.7. The van der Waals surface area contributed by atoms with Gasteiger partial charge in [0.25, 0.3) is 0 Å². The van der Waals surface area contributed by atoms with Crippen molar-refractivity contribution in [2.75, 3.05) is 13.2 Å². The number of carbonyl (C=O) groups is 1. The molecule has 4 nitrogen and oxygen atoms in total. The first-order valence-electron chi connectivity index (χ1n) is 6.73. The highest BCUT2D eigenvalue weighted by molar-refractivity contribution is 9.10. The molecule has 1 saturated heterocycles. The van der Waals surface area contributed by atoms with Crippen molar-refractivity contribution in [3.8, 4) is 0 Å². The van der Waals surface area contributed by atoms with Gasteiger partial charge in [-0.1, -0.05) is 22.0 Å². The van der Waals surface area contributed by atoms with E-state index in [4.69, 9.17) is 9.47 Å². The highest BCUT2D eigenvalue weighted by Gasteiger charge is 2.42. The molecule has 1 aromatic rings. The predicted molar refractivity (Wildman–Crippen MR) is 80.7 cm³/mol. The average Bonchev–Trinajstić information content (AvgIpc) is 2.28. The fourth-order valence-corrected chi connectivity index (χ4v) is 2.61. The molecule has 0 radical (unpaired) electrons. The first kappa shape index (κ1) is 16.2. The number of benzene rings is 1. The zero-order valence-corrected chi connectivity index (χ0v) is 13.9. The summed E-state index contributed by atoms with van der Waals surface area (Å²) in [5, 5.41) is 2.82. The van der Waals surface area contributed by atoms with Crippen LogP contribution >= 0.6 is 15.9 Å². The van der Waals surface area contributed by atoms with Gasteiger partial charge < -0.3 is 14.8 Å². The van der Waals surface area contributed by atoms with E-state index in [1.54, 1.807) is 32.9 Å². The summed E-state index contributed by atoms with van der Waals surface area (Å²) in [6.07, 6.45) is -0.169. The molecule has 1 aliphatic heterocycles. The van der Waals surface area contributed by atoms with Crippen molar-refractivity contribution in [1.82, 2.24) is 5.32 Å². The molecule has 2 rings (SSSR count). The number of halogens is 2. The van der Waals surface area contributed by atoms with Crippen molar-refractivity contribution in [3.63, 3.8) is 0 Å². The second-order valence-corrected chi connectivity index (χ2v) is 7.13. The lowest BCUT2D eigenvalue weighted by molar-refractivity contribution is -0.0757. The number of ether oxygens (including phenoxy) is 2. The van der Waals surface area contributed by atoms with E-state index in [2.05, 4.69) is 21.2 Å². The predicted octanol–water partition coefficient (Wildman–Crippen LogP) is 3.42. The van der Waals surface area contributed by atoms with Crippen molar-refractivity contribution in [2.45, 2.75) is 38.3 Å². The minimum absolute atomic E-state index is 0.304. The van der Waals surface area contributed by atoms with E-state index >= 15 is 0 Å². The number of carbonyl (C=O) groups excluding carboxylic acids is 1. The first-order chi connectivity index (χ1) is 9.71. The highest BCUT2D eigenvalue weighted by atomic mass is 79.9. The summed E-state index contributed by atoms with van der Waals surface area (Å²) in [5.74, 6) is -0.304. The quantitative estimate of drug-likeness (QED) is 0.899. The van der Waals surface area contributed by atoms with Gasteiger partial charge in [-0.25, -0.2) is 9.18 Å². The van der Waals surface area contributed by atoms with Crippen molar-refractivity contribution in [3.05, 3.63) is 34.1 Å². The molecule has 1 N–H and O–H groups in total. The normalized spacial score (nSPS) is 17.0. The summed E-state index contributed by atoms with van der Waals surface area (Å²) in [6.45, 7) is 6.07. The molecule has 6 heteroatoms. The summed E-state index contributed by atoms with van der Waals surface area (Å²) in [4.78, 5) is 11.9. The molecule has 0 aliphatic carbocycles.